The van der Waals surface area contributed by atoms with Crippen molar-refractivity contribution in [1.29, 1.82) is 0 Å². The molecule has 0 radical (unpaired) electrons. The summed E-state index contributed by atoms with van der Waals surface area (Å²) < 4.78 is 60.3. The van der Waals surface area contributed by atoms with Gasteiger partial charge in [0.2, 0.25) is 5.91 Å². The van der Waals surface area contributed by atoms with Gasteiger partial charge in [-0.1, -0.05) is 6.58 Å². The third kappa shape index (κ3) is 4.26. The Bertz CT molecular complexity index is 491. The van der Waals surface area contributed by atoms with E-state index >= 15 is 0 Å². The summed E-state index contributed by atoms with van der Waals surface area (Å²) in [6.07, 6.45) is 0.688. The summed E-state index contributed by atoms with van der Waals surface area (Å²) in [5, 5.41) is 1.71. The summed E-state index contributed by atoms with van der Waals surface area (Å²) in [7, 11) is -9.63. The van der Waals surface area contributed by atoms with Crippen molar-refractivity contribution >= 4 is 26.1 Å². The highest BCUT2D eigenvalue weighted by Gasteiger charge is 2.43. The topological polar surface area (TPSA) is 138 Å². The van der Waals surface area contributed by atoms with Gasteiger partial charge in [-0.15, -0.1) is 0 Å². The van der Waals surface area contributed by atoms with Gasteiger partial charge in [0.15, 0.2) is 4.87 Å². The molecule has 0 aliphatic heterocycles. The maximum Gasteiger partial charge on any atom is 0.290 e. The van der Waals surface area contributed by atoms with Gasteiger partial charge in [0.25, 0.3) is 20.2 Å². The lowest BCUT2D eigenvalue weighted by molar-refractivity contribution is -0.117. The molecule has 8 nitrogen and oxygen atoms in total. The van der Waals surface area contributed by atoms with Gasteiger partial charge in [-0.2, -0.15) is 16.8 Å². The van der Waals surface area contributed by atoms with Crippen molar-refractivity contribution in [3.05, 3.63) is 12.7 Å². The van der Waals surface area contributed by atoms with Crippen molar-refractivity contribution in [3.8, 4) is 0 Å². The standard InChI is InChI=1S/C6H11NO7S2/c1-3-5(8)7-6(2,16(12,13)14)4-15(9,10)11/h3H,1,4H2,2H3,(H,7,8)(H,9,10,11)(H,12,13,14). The van der Waals surface area contributed by atoms with Crippen LogP contribution in [0.1, 0.15) is 6.92 Å². The lowest BCUT2D eigenvalue weighted by Gasteiger charge is -2.25. The molecule has 0 saturated heterocycles. The zero-order chi connectivity index (χ0) is 13.2. The number of carbonyl (C=O) groups is 1. The Balaban J connectivity index is 5.39. The molecule has 94 valence electrons. The van der Waals surface area contributed by atoms with E-state index in [0.29, 0.717) is 6.08 Å². The summed E-state index contributed by atoms with van der Waals surface area (Å²) in [6.45, 7) is 3.76. The highest BCUT2D eigenvalue weighted by molar-refractivity contribution is 7.90. The zero-order valence-corrected chi connectivity index (χ0v) is 9.88. The molecular formula is C6H11NO7S2. The second kappa shape index (κ2) is 4.49. The van der Waals surface area contributed by atoms with Gasteiger partial charge in [0, 0.05) is 0 Å². The normalized spacial score (nSPS) is 16.2. The fourth-order valence-corrected chi connectivity index (χ4v) is 2.88. The van der Waals surface area contributed by atoms with Crippen LogP contribution in [0.3, 0.4) is 0 Å². The maximum absolute atomic E-state index is 10.9. The van der Waals surface area contributed by atoms with E-state index in [2.05, 4.69) is 6.58 Å². The minimum absolute atomic E-state index is 0.688. The lowest BCUT2D eigenvalue weighted by atomic mass is 10.3. The van der Waals surface area contributed by atoms with Crippen LogP contribution in [0.5, 0.6) is 0 Å². The van der Waals surface area contributed by atoms with Gasteiger partial charge in [-0.3, -0.25) is 13.9 Å². The molecule has 0 aliphatic carbocycles. The van der Waals surface area contributed by atoms with Crippen LogP contribution in [0.25, 0.3) is 0 Å². The van der Waals surface area contributed by atoms with Crippen molar-refractivity contribution in [2.24, 2.45) is 0 Å². The van der Waals surface area contributed by atoms with Crippen LogP contribution in [-0.2, 0) is 25.0 Å². The number of hydrogen-bond acceptors (Lipinski definition) is 5. The third-order valence-corrected chi connectivity index (χ3v) is 4.11. The average Bonchev–Trinajstić information content (AvgIpc) is 1.98. The Morgan fingerprint density at radius 2 is 1.81 bits per heavy atom. The molecule has 1 atom stereocenters. The lowest BCUT2D eigenvalue weighted by Crippen LogP contribution is -2.55. The summed E-state index contributed by atoms with van der Waals surface area (Å²) in [4.78, 5) is 8.34. The highest BCUT2D eigenvalue weighted by Crippen LogP contribution is 2.14. The molecule has 0 aromatic carbocycles. The summed E-state index contributed by atoms with van der Waals surface area (Å²) in [5.41, 5.74) is 0. The SMILES string of the molecule is C=CC(=O)NC(C)(CS(=O)(=O)O)S(=O)(=O)O. The van der Waals surface area contributed by atoms with Crippen molar-refractivity contribution in [2.75, 3.05) is 5.75 Å². The van der Waals surface area contributed by atoms with Crippen LogP contribution in [0.4, 0.5) is 0 Å². The molecule has 1 unspecified atom stereocenters. The Morgan fingerprint density at radius 3 is 2.06 bits per heavy atom. The largest absolute Gasteiger partial charge is 0.331 e. The molecule has 1 amide bonds. The highest BCUT2D eigenvalue weighted by atomic mass is 32.2. The molecular weight excluding hydrogens is 262 g/mol. The molecule has 0 saturated carbocycles. The van der Waals surface area contributed by atoms with E-state index < -0.39 is 36.8 Å². The molecule has 0 aromatic rings. The number of carbonyl (C=O) groups excluding carboxylic acids is 1. The van der Waals surface area contributed by atoms with E-state index in [-0.39, 0.29) is 0 Å². The smallest absolute Gasteiger partial charge is 0.290 e. The zero-order valence-electron chi connectivity index (χ0n) is 8.24. The van der Waals surface area contributed by atoms with Crippen LogP contribution in [0.15, 0.2) is 12.7 Å². The van der Waals surface area contributed by atoms with Gasteiger partial charge >= 0.3 is 0 Å². The fraction of sp³-hybridized carbons (Fsp3) is 0.500. The van der Waals surface area contributed by atoms with Crippen molar-refractivity contribution in [1.82, 2.24) is 5.32 Å². The maximum atomic E-state index is 10.9. The molecule has 0 fully saturated rings. The Labute approximate surface area is 92.8 Å². The predicted molar refractivity (Wildman–Crippen MR) is 54.7 cm³/mol. The monoisotopic (exact) mass is 273 g/mol. The second-order valence-corrected chi connectivity index (χ2v) is 6.43. The molecule has 16 heavy (non-hydrogen) atoms. The molecule has 0 heterocycles. The van der Waals surface area contributed by atoms with Gasteiger partial charge < -0.3 is 5.32 Å². The molecule has 0 bridgehead atoms. The fourth-order valence-electron chi connectivity index (χ4n) is 0.835. The molecule has 0 aromatic heterocycles. The van der Waals surface area contributed by atoms with Gasteiger partial charge in [0.1, 0.15) is 5.75 Å². The molecule has 0 spiro atoms. The number of nitrogens with one attached hydrogen (secondary N) is 1. The minimum Gasteiger partial charge on any atom is -0.331 e. The van der Waals surface area contributed by atoms with Gasteiger partial charge in [-0.05, 0) is 13.0 Å². The third-order valence-electron chi connectivity index (χ3n) is 1.60. The van der Waals surface area contributed by atoms with Gasteiger partial charge in [-0.25, -0.2) is 0 Å². The molecule has 10 heteroatoms. The number of hydrogen-bond donors (Lipinski definition) is 3. The first kappa shape index (κ1) is 15.0. The van der Waals surface area contributed by atoms with Crippen molar-refractivity contribution < 1.29 is 30.7 Å². The van der Waals surface area contributed by atoms with E-state index in [0.717, 1.165) is 6.92 Å². The predicted octanol–water partition coefficient (Wildman–Crippen LogP) is -1.22. The first-order chi connectivity index (χ1) is 6.91. The Morgan fingerprint density at radius 1 is 1.38 bits per heavy atom. The van der Waals surface area contributed by atoms with E-state index in [1.54, 1.807) is 5.32 Å². The minimum atomic E-state index is -4.92. The van der Waals surface area contributed by atoms with E-state index in [1.807, 2.05) is 0 Å². The van der Waals surface area contributed by atoms with Crippen molar-refractivity contribution in [3.63, 3.8) is 0 Å². The Kier molecular flexibility index (Phi) is 4.22. The van der Waals surface area contributed by atoms with E-state index in [1.165, 1.54) is 0 Å². The van der Waals surface area contributed by atoms with Crippen LogP contribution in [0.2, 0.25) is 0 Å². The second-order valence-electron chi connectivity index (χ2n) is 3.13. The molecule has 3 N–H and O–H groups in total. The number of rotatable bonds is 5. The summed E-state index contributed by atoms with van der Waals surface area (Å²) in [5.74, 6) is -2.39. The molecule has 0 aliphatic rings. The van der Waals surface area contributed by atoms with Gasteiger partial charge in [0.05, 0.1) is 0 Å². The average molecular weight is 273 g/mol. The summed E-state index contributed by atoms with van der Waals surface area (Å²) >= 11 is 0. The number of amides is 1. The van der Waals surface area contributed by atoms with Crippen LogP contribution >= 0.6 is 0 Å². The Hall–Kier alpha value is -0.970. The first-order valence-electron chi connectivity index (χ1n) is 3.78. The quantitative estimate of drug-likeness (QED) is 0.421. The molecule has 0 rings (SSSR count). The summed E-state index contributed by atoms with van der Waals surface area (Å²) in [6, 6.07) is 0. The van der Waals surface area contributed by atoms with Crippen LogP contribution in [-0.4, -0.2) is 42.5 Å². The van der Waals surface area contributed by atoms with Crippen molar-refractivity contribution in [2.45, 2.75) is 11.8 Å². The van der Waals surface area contributed by atoms with Crippen LogP contribution in [0, 0.1) is 0 Å². The van der Waals surface area contributed by atoms with Crippen LogP contribution < -0.4 is 5.32 Å². The van der Waals surface area contributed by atoms with E-state index in [4.69, 9.17) is 9.11 Å². The van der Waals surface area contributed by atoms with E-state index in [9.17, 15) is 21.6 Å². The first-order valence-corrected chi connectivity index (χ1v) is 6.83.